The van der Waals surface area contributed by atoms with Gasteiger partial charge in [-0.3, -0.25) is 9.80 Å². The first kappa shape index (κ1) is 30.9. The zero-order chi connectivity index (χ0) is 31.7. The van der Waals surface area contributed by atoms with Crippen LogP contribution in [0.2, 0.25) is 0 Å². The lowest BCUT2D eigenvalue weighted by Gasteiger charge is -2.35. The van der Waals surface area contributed by atoms with Crippen molar-refractivity contribution in [1.82, 2.24) is 29.2 Å². The summed E-state index contributed by atoms with van der Waals surface area (Å²) < 4.78 is 34.0. The molecule has 0 saturated carbocycles. The van der Waals surface area contributed by atoms with Gasteiger partial charge in [-0.15, -0.1) is 11.3 Å². The van der Waals surface area contributed by atoms with Gasteiger partial charge in [-0.2, -0.15) is 4.31 Å². The number of sulfonamides is 1. The monoisotopic (exact) mass is 657 g/mol. The summed E-state index contributed by atoms with van der Waals surface area (Å²) in [6.45, 7) is 10.3. The molecule has 240 valence electrons. The van der Waals surface area contributed by atoms with E-state index in [1.807, 2.05) is 13.0 Å². The maximum Gasteiger partial charge on any atom is 0.252 e. The van der Waals surface area contributed by atoms with Crippen molar-refractivity contribution in [2.75, 3.05) is 51.1 Å². The predicted octanol–water partition coefficient (Wildman–Crippen LogP) is 5.72. The van der Waals surface area contributed by atoms with E-state index in [0.29, 0.717) is 36.1 Å². The lowest BCUT2D eigenvalue weighted by Crippen LogP contribution is -2.50. The molecule has 2 fully saturated rings. The molecule has 2 aromatic carbocycles. The van der Waals surface area contributed by atoms with E-state index in [1.165, 1.54) is 48.4 Å². The van der Waals surface area contributed by atoms with E-state index in [9.17, 15) is 8.42 Å². The molecule has 0 radical (unpaired) electrons. The molecule has 7 rings (SSSR count). The van der Waals surface area contributed by atoms with Crippen molar-refractivity contribution in [2.45, 2.75) is 43.5 Å². The van der Waals surface area contributed by atoms with Crippen LogP contribution >= 0.6 is 11.3 Å². The molecular weight excluding hydrogens is 619 g/mol. The minimum Gasteiger partial charge on any atom is -0.366 e. The van der Waals surface area contributed by atoms with Crippen molar-refractivity contribution in [3.8, 4) is 21.8 Å². The van der Waals surface area contributed by atoms with Crippen molar-refractivity contribution in [3.63, 3.8) is 0 Å². The third-order valence-electron chi connectivity index (χ3n) is 8.80. The summed E-state index contributed by atoms with van der Waals surface area (Å²) in [5, 5.41) is 8.52. The van der Waals surface area contributed by atoms with Crippen LogP contribution < -0.4 is 5.32 Å². The molecule has 1 atom stereocenters. The number of fused-ring (bicyclic) bond motifs is 1. The van der Waals surface area contributed by atoms with Gasteiger partial charge in [-0.1, -0.05) is 35.5 Å². The van der Waals surface area contributed by atoms with Gasteiger partial charge in [0.15, 0.2) is 5.76 Å². The van der Waals surface area contributed by atoms with Crippen LogP contribution in [0.1, 0.15) is 31.0 Å². The molecule has 10 nitrogen and oxygen atoms in total. The second-order valence-corrected chi connectivity index (χ2v) is 15.6. The van der Waals surface area contributed by atoms with Crippen molar-refractivity contribution in [2.24, 2.45) is 0 Å². The van der Waals surface area contributed by atoms with Crippen molar-refractivity contribution < 1.29 is 12.9 Å². The van der Waals surface area contributed by atoms with E-state index in [0.717, 1.165) is 45.9 Å². The van der Waals surface area contributed by atoms with E-state index in [4.69, 9.17) is 9.51 Å². The number of rotatable bonds is 10. The second-order valence-electron chi connectivity index (χ2n) is 12.3. The fourth-order valence-electron chi connectivity index (χ4n) is 6.49. The first-order chi connectivity index (χ1) is 22.3. The number of nitrogens with one attached hydrogen (secondary N) is 1. The number of nitrogens with zero attached hydrogens (tertiary/aromatic N) is 6. The molecule has 0 bridgehead atoms. The Morgan fingerprint density at radius 1 is 0.935 bits per heavy atom. The molecule has 2 aliphatic heterocycles. The lowest BCUT2D eigenvalue weighted by atomic mass is 10.00. The Morgan fingerprint density at radius 2 is 1.74 bits per heavy atom. The Kier molecular flexibility index (Phi) is 8.88. The average Bonchev–Trinajstić information content (AvgIpc) is 3.85. The summed E-state index contributed by atoms with van der Waals surface area (Å²) in [6, 6.07) is 20.5. The highest BCUT2D eigenvalue weighted by molar-refractivity contribution is 7.91. The van der Waals surface area contributed by atoms with Gasteiger partial charge in [0.25, 0.3) is 10.0 Å². The van der Waals surface area contributed by atoms with E-state index in [2.05, 4.69) is 74.6 Å². The molecule has 0 spiro atoms. The number of hydrogen-bond donors (Lipinski definition) is 1. The molecular formula is C34H39N7O3S2. The van der Waals surface area contributed by atoms with Gasteiger partial charge in [-0.25, -0.2) is 18.4 Å². The molecule has 0 aliphatic carbocycles. The standard InChI is InChI=1S/C34H39N7O3S2/c1-24-19-30(44-38-24)31-11-12-32(45-31)46(42,43)41-17-15-40(16-18-41)21-25(2)37-34-29-10-6-9-28(33(29)35-23-36-34)27-8-5-7-26(20-27)22-39-13-3-4-14-39/h5-12,19-20,23,25H,3-4,13-18,21-22H2,1-2H3,(H,35,36,37)/t25-/m0/s1. The summed E-state index contributed by atoms with van der Waals surface area (Å²) in [7, 11) is -3.58. The highest BCUT2D eigenvalue weighted by Crippen LogP contribution is 2.34. The maximum absolute atomic E-state index is 13.4. The SMILES string of the molecule is Cc1cc(-c2ccc(S(=O)(=O)N3CCN(C[C@H](C)Nc4ncnc5c(-c6cccc(CN7CCCC7)c6)cccc45)CC3)s2)on1. The third kappa shape index (κ3) is 6.58. The van der Waals surface area contributed by atoms with Crippen molar-refractivity contribution in [3.05, 3.63) is 78.2 Å². The second kappa shape index (κ2) is 13.2. The Morgan fingerprint density at radius 3 is 2.52 bits per heavy atom. The van der Waals surface area contributed by atoms with Crippen LogP contribution in [0.25, 0.3) is 32.7 Å². The third-order valence-corrected chi connectivity index (χ3v) is 12.3. The number of aromatic nitrogens is 3. The van der Waals surface area contributed by atoms with Gasteiger partial charge in [0.2, 0.25) is 0 Å². The van der Waals surface area contributed by atoms with E-state index in [-0.39, 0.29) is 6.04 Å². The normalized spacial score (nSPS) is 17.5. The molecule has 5 heterocycles. The Bertz CT molecular complexity index is 1930. The number of para-hydroxylation sites is 1. The largest absolute Gasteiger partial charge is 0.366 e. The first-order valence-corrected chi connectivity index (χ1v) is 18.2. The number of anilines is 1. The van der Waals surface area contributed by atoms with Crippen LogP contribution in [0.3, 0.4) is 0 Å². The van der Waals surface area contributed by atoms with Gasteiger partial charge < -0.3 is 9.84 Å². The molecule has 46 heavy (non-hydrogen) atoms. The van der Waals surface area contributed by atoms with E-state index in [1.54, 1.807) is 22.8 Å². The summed E-state index contributed by atoms with van der Waals surface area (Å²) in [6.07, 6.45) is 4.21. The molecule has 12 heteroatoms. The number of piperazine rings is 1. The number of aryl methyl sites for hydroxylation is 1. The van der Waals surface area contributed by atoms with Crippen LogP contribution in [0.4, 0.5) is 5.82 Å². The minimum absolute atomic E-state index is 0.0962. The van der Waals surface area contributed by atoms with Gasteiger partial charge in [0, 0.05) is 62.3 Å². The van der Waals surface area contributed by atoms with Crippen LogP contribution in [-0.2, 0) is 16.6 Å². The Balaban J connectivity index is 0.988. The summed E-state index contributed by atoms with van der Waals surface area (Å²) >= 11 is 1.22. The van der Waals surface area contributed by atoms with Crippen LogP contribution in [0.15, 0.2) is 75.7 Å². The summed E-state index contributed by atoms with van der Waals surface area (Å²) in [5.74, 6) is 1.40. The summed E-state index contributed by atoms with van der Waals surface area (Å²) in [5.41, 5.74) is 5.29. The maximum atomic E-state index is 13.4. The van der Waals surface area contributed by atoms with Crippen molar-refractivity contribution >= 4 is 38.1 Å². The molecule has 2 saturated heterocycles. The van der Waals surface area contributed by atoms with Crippen LogP contribution in [0.5, 0.6) is 0 Å². The molecule has 0 unspecified atom stereocenters. The quantitative estimate of drug-likeness (QED) is 0.202. The fourth-order valence-corrected chi connectivity index (χ4v) is 9.32. The minimum atomic E-state index is -3.58. The molecule has 2 aliphatic rings. The first-order valence-electron chi connectivity index (χ1n) is 15.9. The zero-order valence-electron chi connectivity index (χ0n) is 26.2. The fraction of sp³-hybridized carbons (Fsp3) is 0.382. The number of hydrogen-bond acceptors (Lipinski definition) is 10. The van der Waals surface area contributed by atoms with Gasteiger partial charge in [0.1, 0.15) is 16.4 Å². The molecule has 5 aromatic rings. The Labute approximate surface area is 274 Å². The molecule has 3 aromatic heterocycles. The smallest absolute Gasteiger partial charge is 0.252 e. The number of benzene rings is 2. The highest BCUT2D eigenvalue weighted by atomic mass is 32.2. The average molecular weight is 658 g/mol. The van der Waals surface area contributed by atoms with Crippen molar-refractivity contribution in [1.29, 1.82) is 0 Å². The van der Waals surface area contributed by atoms with Crippen LogP contribution in [-0.4, -0.2) is 89.5 Å². The number of thiophene rings is 1. The topological polar surface area (TPSA) is 108 Å². The van der Waals surface area contributed by atoms with E-state index >= 15 is 0 Å². The van der Waals surface area contributed by atoms with Gasteiger partial charge >= 0.3 is 0 Å². The Hall–Kier alpha value is -3.68. The van der Waals surface area contributed by atoms with Gasteiger partial charge in [-0.05, 0) is 75.2 Å². The predicted molar refractivity (Wildman–Crippen MR) is 182 cm³/mol. The van der Waals surface area contributed by atoms with Gasteiger partial charge in [0.05, 0.1) is 16.1 Å². The summed E-state index contributed by atoms with van der Waals surface area (Å²) in [4.78, 5) is 14.9. The highest BCUT2D eigenvalue weighted by Gasteiger charge is 2.30. The lowest BCUT2D eigenvalue weighted by molar-refractivity contribution is 0.184. The van der Waals surface area contributed by atoms with E-state index < -0.39 is 10.0 Å². The molecule has 0 amide bonds. The van der Waals surface area contributed by atoms with Crippen LogP contribution in [0, 0.1) is 6.92 Å². The zero-order valence-corrected chi connectivity index (χ0v) is 27.9. The molecule has 1 N–H and O–H groups in total. The number of likely N-dealkylation sites (tertiary alicyclic amines) is 1.